The summed E-state index contributed by atoms with van der Waals surface area (Å²) in [6.07, 6.45) is 7.26. The summed E-state index contributed by atoms with van der Waals surface area (Å²) in [5.74, 6) is 0.886. The number of H-pyrrole nitrogens is 1. The molecule has 0 unspecified atom stereocenters. The van der Waals surface area contributed by atoms with Crippen LogP contribution in [0.3, 0.4) is 0 Å². The average Bonchev–Trinajstić information content (AvgIpc) is 3.10. The molecule has 19 heavy (non-hydrogen) atoms. The summed E-state index contributed by atoms with van der Waals surface area (Å²) >= 11 is 0. The smallest absolute Gasteiger partial charge is 0.244 e. The Balaban J connectivity index is 1.78. The minimum atomic E-state index is -0.363. The lowest BCUT2D eigenvalue weighted by Gasteiger charge is -2.03. The van der Waals surface area contributed by atoms with Crippen LogP contribution in [0.1, 0.15) is 17.6 Å². The molecule has 0 aliphatic rings. The van der Waals surface area contributed by atoms with E-state index in [1.807, 2.05) is 12.1 Å². The van der Waals surface area contributed by atoms with Crippen molar-refractivity contribution in [2.45, 2.75) is 12.5 Å². The van der Waals surface area contributed by atoms with Crippen molar-refractivity contribution in [2.75, 3.05) is 0 Å². The first-order valence-corrected chi connectivity index (χ1v) is 5.80. The van der Waals surface area contributed by atoms with E-state index in [9.17, 15) is 0 Å². The fourth-order valence-corrected chi connectivity index (χ4v) is 1.72. The van der Waals surface area contributed by atoms with Crippen LogP contribution < -0.4 is 5.73 Å². The molecule has 0 aliphatic carbocycles. The molecule has 96 valence electrons. The van der Waals surface area contributed by atoms with E-state index in [0.717, 1.165) is 11.3 Å². The van der Waals surface area contributed by atoms with Gasteiger partial charge in [-0.05, 0) is 12.1 Å². The largest absolute Gasteiger partial charge is 0.348 e. The molecule has 0 fully saturated rings. The molecule has 3 N–H and O–H groups in total. The van der Waals surface area contributed by atoms with Gasteiger partial charge in [0, 0.05) is 36.3 Å². The van der Waals surface area contributed by atoms with Gasteiger partial charge in [-0.2, -0.15) is 4.98 Å². The first-order valence-electron chi connectivity index (χ1n) is 5.80. The minimum Gasteiger partial charge on any atom is -0.348 e. The lowest BCUT2D eigenvalue weighted by molar-refractivity contribution is 0.354. The number of pyridine rings is 1. The molecule has 7 heteroatoms. The van der Waals surface area contributed by atoms with Gasteiger partial charge < -0.3 is 15.2 Å². The van der Waals surface area contributed by atoms with E-state index in [1.165, 1.54) is 0 Å². The fourth-order valence-electron chi connectivity index (χ4n) is 1.72. The molecule has 0 bridgehead atoms. The maximum absolute atomic E-state index is 6.02. The van der Waals surface area contributed by atoms with Crippen LogP contribution in [-0.4, -0.2) is 25.1 Å². The van der Waals surface area contributed by atoms with Gasteiger partial charge in [-0.3, -0.25) is 4.98 Å². The van der Waals surface area contributed by atoms with E-state index in [4.69, 9.17) is 10.3 Å². The molecule has 3 aromatic rings. The highest BCUT2D eigenvalue weighted by Gasteiger charge is 2.16. The monoisotopic (exact) mass is 256 g/mol. The van der Waals surface area contributed by atoms with Crippen LogP contribution >= 0.6 is 0 Å². The predicted octanol–water partition coefficient (Wildman–Crippen LogP) is 1.10. The second-order valence-electron chi connectivity index (χ2n) is 4.09. The Bertz CT molecular complexity index is 633. The molecule has 3 heterocycles. The highest BCUT2D eigenvalue weighted by molar-refractivity contribution is 5.51. The number of hydrogen-bond acceptors (Lipinski definition) is 6. The Labute approximate surface area is 108 Å². The molecule has 0 aliphatic heterocycles. The average molecular weight is 256 g/mol. The molecule has 0 saturated carbocycles. The maximum Gasteiger partial charge on any atom is 0.244 e. The number of hydrogen-bond donors (Lipinski definition) is 2. The van der Waals surface area contributed by atoms with Gasteiger partial charge in [-0.15, -0.1) is 0 Å². The first-order chi connectivity index (χ1) is 9.33. The van der Waals surface area contributed by atoms with Crippen LogP contribution in [0.15, 0.2) is 41.6 Å². The molecule has 0 radical (unpaired) electrons. The van der Waals surface area contributed by atoms with Crippen LogP contribution in [0.2, 0.25) is 0 Å². The van der Waals surface area contributed by atoms with Gasteiger partial charge >= 0.3 is 0 Å². The van der Waals surface area contributed by atoms with Crippen molar-refractivity contribution in [1.29, 1.82) is 0 Å². The Morgan fingerprint density at radius 1 is 1.32 bits per heavy atom. The topological polar surface area (TPSA) is 107 Å². The highest BCUT2D eigenvalue weighted by atomic mass is 16.5. The summed E-state index contributed by atoms with van der Waals surface area (Å²) in [6.45, 7) is 0. The molecule has 0 amide bonds. The lowest BCUT2D eigenvalue weighted by atomic mass is 10.2. The van der Waals surface area contributed by atoms with Gasteiger partial charge in [0.05, 0.1) is 12.4 Å². The van der Waals surface area contributed by atoms with Crippen molar-refractivity contribution in [3.8, 4) is 11.4 Å². The predicted molar refractivity (Wildman–Crippen MR) is 66.7 cm³/mol. The van der Waals surface area contributed by atoms with Crippen LogP contribution in [0, 0.1) is 0 Å². The molecule has 0 saturated heterocycles. The van der Waals surface area contributed by atoms with Gasteiger partial charge in [-0.25, -0.2) is 4.98 Å². The first kappa shape index (κ1) is 11.5. The van der Waals surface area contributed by atoms with E-state index in [2.05, 4.69) is 25.1 Å². The molecule has 0 aromatic carbocycles. The summed E-state index contributed by atoms with van der Waals surface area (Å²) in [5, 5.41) is 3.90. The number of nitrogens with one attached hydrogen (secondary N) is 1. The third-order valence-electron chi connectivity index (χ3n) is 2.67. The summed E-state index contributed by atoms with van der Waals surface area (Å²) in [6, 6.07) is 3.32. The van der Waals surface area contributed by atoms with Crippen molar-refractivity contribution in [2.24, 2.45) is 5.73 Å². The summed E-state index contributed by atoms with van der Waals surface area (Å²) in [4.78, 5) is 15.2. The Morgan fingerprint density at radius 3 is 3.00 bits per heavy atom. The van der Waals surface area contributed by atoms with Crippen LogP contribution in [0.5, 0.6) is 0 Å². The standard InChI is InChI=1S/C12H12N6O/c13-10(4-9-6-15-7-16-9)12-17-11(18-19-12)8-2-1-3-14-5-8/h1-3,5-7,10H,4,13H2,(H,15,16)/t10-/m0/s1. The van der Waals surface area contributed by atoms with Crippen molar-refractivity contribution < 1.29 is 4.52 Å². The molecule has 1 atom stereocenters. The zero-order valence-electron chi connectivity index (χ0n) is 10.0. The van der Waals surface area contributed by atoms with E-state index in [-0.39, 0.29) is 6.04 Å². The maximum atomic E-state index is 6.02. The number of nitrogens with two attached hydrogens (primary N) is 1. The normalized spacial score (nSPS) is 12.5. The van der Waals surface area contributed by atoms with E-state index in [1.54, 1.807) is 24.9 Å². The zero-order chi connectivity index (χ0) is 13.1. The second-order valence-corrected chi connectivity index (χ2v) is 4.09. The van der Waals surface area contributed by atoms with Gasteiger partial charge in [-0.1, -0.05) is 5.16 Å². The van der Waals surface area contributed by atoms with Crippen molar-refractivity contribution >= 4 is 0 Å². The zero-order valence-corrected chi connectivity index (χ0v) is 10.0. The van der Waals surface area contributed by atoms with E-state index in [0.29, 0.717) is 18.1 Å². The van der Waals surface area contributed by atoms with Crippen LogP contribution in [0.4, 0.5) is 0 Å². The van der Waals surface area contributed by atoms with Crippen molar-refractivity contribution in [1.82, 2.24) is 25.1 Å². The fraction of sp³-hybridized carbons (Fsp3) is 0.167. The third-order valence-corrected chi connectivity index (χ3v) is 2.67. The summed E-state index contributed by atoms with van der Waals surface area (Å²) < 4.78 is 5.18. The van der Waals surface area contributed by atoms with Crippen LogP contribution in [-0.2, 0) is 6.42 Å². The minimum absolute atomic E-state index is 0.363. The van der Waals surface area contributed by atoms with Gasteiger partial charge in [0.25, 0.3) is 0 Å². The number of nitrogens with zero attached hydrogens (tertiary/aromatic N) is 4. The molecule has 0 spiro atoms. The highest BCUT2D eigenvalue weighted by Crippen LogP contribution is 2.18. The molecule has 7 nitrogen and oxygen atoms in total. The van der Waals surface area contributed by atoms with E-state index >= 15 is 0 Å². The lowest BCUT2D eigenvalue weighted by Crippen LogP contribution is -2.13. The number of rotatable bonds is 4. The summed E-state index contributed by atoms with van der Waals surface area (Å²) in [5.41, 5.74) is 7.74. The molecular formula is C12H12N6O. The number of aromatic amines is 1. The molecular weight excluding hydrogens is 244 g/mol. The van der Waals surface area contributed by atoms with Crippen LogP contribution in [0.25, 0.3) is 11.4 Å². The molecule has 3 aromatic heterocycles. The molecule has 3 rings (SSSR count). The quantitative estimate of drug-likeness (QED) is 0.723. The third kappa shape index (κ3) is 2.50. The number of imidazole rings is 1. The number of aromatic nitrogens is 5. The van der Waals surface area contributed by atoms with Crippen molar-refractivity contribution in [3.05, 3.63) is 48.6 Å². The van der Waals surface area contributed by atoms with Gasteiger partial charge in [0.15, 0.2) is 0 Å². The SMILES string of the molecule is N[C@@H](Cc1cnc[nH]1)c1nc(-c2cccnc2)no1. The van der Waals surface area contributed by atoms with Crippen molar-refractivity contribution in [3.63, 3.8) is 0 Å². The van der Waals surface area contributed by atoms with Gasteiger partial charge in [0.1, 0.15) is 0 Å². The Morgan fingerprint density at radius 2 is 2.26 bits per heavy atom. The Kier molecular flexibility index (Phi) is 3.03. The van der Waals surface area contributed by atoms with Gasteiger partial charge in [0.2, 0.25) is 11.7 Å². The second kappa shape index (κ2) is 4.99. The summed E-state index contributed by atoms with van der Waals surface area (Å²) in [7, 11) is 0. The van der Waals surface area contributed by atoms with E-state index < -0.39 is 0 Å². The Hall–Kier alpha value is -2.54.